The van der Waals surface area contributed by atoms with Crippen molar-refractivity contribution in [3.05, 3.63) is 0 Å². The minimum Gasteiger partial charge on any atom is -0.356 e. The Hall–Kier alpha value is -0.260. The maximum Gasteiger partial charge on any atom is 0.249 e. The standard InChI is InChI=1S/C11H21F2NO2/c1-10(2,3)16-9(15)14-8-5-4-6-11(12,13)7-8/h8-9,14-15H,4-7H2,1-3H3. The predicted octanol–water partition coefficient (Wildman–Crippen LogP) is 2.24. The molecule has 1 aliphatic rings. The molecular weight excluding hydrogens is 216 g/mol. The largest absolute Gasteiger partial charge is 0.356 e. The van der Waals surface area contributed by atoms with Crippen molar-refractivity contribution >= 4 is 0 Å². The molecule has 0 aliphatic heterocycles. The molecule has 3 nitrogen and oxygen atoms in total. The quantitative estimate of drug-likeness (QED) is 0.740. The van der Waals surface area contributed by atoms with Crippen LogP contribution in [0.3, 0.4) is 0 Å². The Balaban J connectivity index is 2.36. The van der Waals surface area contributed by atoms with E-state index < -0.39 is 17.9 Å². The molecule has 1 aliphatic carbocycles. The smallest absolute Gasteiger partial charge is 0.249 e. The van der Waals surface area contributed by atoms with Gasteiger partial charge in [-0.15, -0.1) is 0 Å². The van der Waals surface area contributed by atoms with E-state index in [0.717, 1.165) is 0 Å². The summed E-state index contributed by atoms with van der Waals surface area (Å²) in [6.45, 7) is 5.40. The maximum atomic E-state index is 13.1. The van der Waals surface area contributed by atoms with Gasteiger partial charge in [0.05, 0.1) is 5.60 Å². The topological polar surface area (TPSA) is 41.5 Å². The molecule has 96 valence electrons. The number of nitrogens with one attached hydrogen (secondary N) is 1. The van der Waals surface area contributed by atoms with Crippen molar-refractivity contribution in [3.63, 3.8) is 0 Å². The fourth-order valence-electron chi connectivity index (χ4n) is 1.88. The minimum atomic E-state index is -2.61. The molecule has 0 amide bonds. The number of rotatable bonds is 3. The number of hydrogen-bond acceptors (Lipinski definition) is 3. The van der Waals surface area contributed by atoms with E-state index in [1.165, 1.54) is 0 Å². The van der Waals surface area contributed by atoms with Gasteiger partial charge in [0.1, 0.15) is 0 Å². The Morgan fingerprint density at radius 3 is 2.56 bits per heavy atom. The first kappa shape index (κ1) is 13.8. The summed E-state index contributed by atoms with van der Waals surface area (Å²) >= 11 is 0. The predicted molar refractivity (Wildman–Crippen MR) is 57.2 cm³/mol. The Labute approximate surface area is 95.2 Å². The number of alkyl halides is 2. The highest BCUT2D eigenvalue weighted by molar-refractivity contribution is 4.82. The van der Waals surface area contributed by atoms with Crippen molar-refractivity contribution in [1.82, 2.24) is 5.32 Å². The molecule has 0 aromatic carbocycles. The van der Waals surface area contributed by atoms with Crippen LogP contribution in [0, 0.1) is 0 Å². The van der Waals surface area contributed by atoms with Gasteiger partial charge in [0.15, 0.2) is 0 Å². The summed E-state index contributed by atoms with van der Waals surface area (Å²) in [7, 11) is 0. The highest BCUT2D eigenvalue weighted by Gasteiger charge is 2.37. The molecule has 2 N–H and O–H groups in total. The van der Waals surface area contributed by atoms with Crippen molar-refractivity contribution in [2.45, 2.75) is 70.4 Å². The SMILES string of the molecule is CC(C)(C)OC(O)NC1CCCC(F)(F)C1. The molecule has 0 bridgehead atoms. The lowest BCUT2D eigenvalue weighted by Crippen LogP contribution is -2.47. The van der Waals surface area contributed by atoms with E-state index in [0.29, 0.717) is 12.8 Å². The molecule has 0 aromatic heterocycles. The lowest BCUT2D eigenvalue weighted by molar-refractivity contribution is -0.190. The van der Waals surface area contributed by atoms with Crippen LogP contribution in [0.1, 0.15) is 46.5 Å². The second-order valence-corrected chi connectivity index (χ2v) is 5.40. The van der Waals surface area contributed by atoms with E-state index in [2.05, 4.69) is 5.32 Å². The first-order valence-electron chi connectivity index (χ1n) is 5.68. The summed E-state index contributed by atoms with van der Waals surface area (Å²) in [5, 5.41) is 12.2. The van der Waals surface area contributed by atoms with Crippen LogP contribution in [0.2, 0.25) is 0 Å². The molecular formula is C11H21F2NO2. The molecule has 2 unspecified atom stereocenters. The molecule has 0 saturated heterocycles. The first-order valence-corrected chi connectivity index (χ1v) is 5.68. The molecule has 16 heavy (non-hydrogen) atoms. The normalized spacial score (nSPS) is 27.8. The molecule has 0 radical (unpaired) electrons. The van der Waals surface area contributed by atoms with Gasteiger partial charge in [-0.3, -0.25) is 5.32 Å². The average molecular weight is 237 g/mol. The van der Waals surface area contributed by atoms with Gasteiger partial charge >= 0.3 is 0 Å². The van der Waals surface area contributed by atoms with Crippen molar-refractivity contribution in [1.29, 1.82) is 0 Å². The maximum absolute atomic E-state index is 13.1. The molecule has 1 rings (SSSR count). The minimum absolute atomic E-state index is 0.0542. The van der Waals surface area contributed by atoms with E-state index in [1.807, 2.05) is 0 Å². The molecule has 0 aromatic rings. The third-order valence-electron chi connectivity index (χ3n) is 2.48. The monoisotopic (exact) mass is 237 g/mol. The fourth-order valence-corrected chi connectivity index (χ4v) is 1.88. The van der Waals surface area contributed by atoms with Gasteiger partial charge in [-0.05, 0) is 33.6 Å². The fraction of sp³-hybridized carbons (Fsp3) is 1.00. The molecule has 1 fully saturated rings. The van der Waals surface area contributed by atoms with E-state index in [-0.39, 0.29) is 18.9 Å². The van der Waals surface area contributed by atoms with Crippen LogP contribution < -0.4 is 5.32 Å². The number of halogens is 2. The Morgan fingerprint density at radius 1 is 1.44 bits per heavy atom. The lowest BCUT2D eigenvalue weighted by atomic mass is 9.92. The summed E-state index contributed by atoms with van der Waals surface area (Å²) in [5.74, 6) is -2.61. The van der Waals surface area contributed by atoms with Crippen molar-refractivity contribution in [2.75, 3.05) is 0 Å². The summed E-state index contributed by atoms with van der Waals surface area (Å²) in [6, 6.07) is -0.374. The molecule has 1 saturated carbocycles. The van der Waals surface area contributed by atoms with Gasteiger partial charge in [0.2, 0.25) is 12.3 Å². The van der Waals surface area contributed by atoms with Crippen LogP contribution >= 0.6 is 0 Å². The molecule has 2 atom stereocenters. The van der Waals surface area contributed by atoms with E-state index in [4.69, 9.17) is 4.74 Å². The van der Waals surface area contributed by atoms with E-state index in [9.17, 15) is 13.9 Å². The zero-order chi connectivity index (χ0) is 12.4. The summed E-state index contributed by atoms with van der Waals surface area (Å²) in [6.07, 6.45) is -0.328. The van der Waals surface area contributed by atoms with Gasteiger partial charge in [-0.25, -0.2) is 8.78 Å². The second kappa shape index (κ2) is 4.94. The zero-order valence-corrected chi connectivity index (χ0v) is 10.1. The third-order valence-corrected chi connectivity index (χ3v) is 2.48. The number of ether oxygens (including phenoxy) is 1. The molecule has 0 spiro atoms. The van der Waals surface area contributed by atoms with Gasteiger partial charge in [-0.1, -0.05) is 0 Å². The average Bonchev–Trinajstić information content (AvgIpc) is 1.96. The Kier molecular flexibility index (Phi) is 4.26. The summed E-state index contributed by atoms with van der Waals surface area (Å²) < 4.78 is 31.4. The highest BCUT2D eigenvalue weighted by Crippen LogP contribution is 2.33. The van der Waals surface area contributed by atoms with Gasteiger partial charge < -0.3 is 9.84 Å². The zero-order valence-electron chi connectivity index (χ0n) is 10.1. The number of hydrogen-bond donors (Lipinski definition) is 2. The second-order valence-electron chi connectivity index (χ2n) is 5.40. The van der Waals surface area contributed by atoms with Crippen LogP contribution in [0.15, 0.2) is 0 Å². The Bertz CT molecular complexity index is 229. The Morgan fingerprint density at radius 2 is 2.06 bits per heavy atom. The molecule has 5 heteroatoms. The van der Waals surface area contributed by atoms with Crippen LogP contribution in [-0.4, -0.2) is 29.1 Å². The van der Waals surface area contributed by atoms with Crippen LogP contribution in [0.25, 0.3) is 0 Å². The number of aliphatic hydroxyl groups excluding tert-OH is 1. The van der Waals surface area contributed by atoms with E-state index >= 15 is 0 Å². The number of aliphatic hydroxyl groups is 1. The lowest BCUT2D eigenvalue weighted by Gasteiger charge is -2.32. The van der Waals surface area contributed by atoms with Crippen molar-refractivity contribution in [3.8, 4) is 0 Å². The first-order chi connectivity index (χ1) is 7.18. The highest BCUT2D eigenvalue weighted by atomic mass is 19.3. The van der Waals surface area contributed by atoms with Crippen LogP contribution in [-0.2, 0) is 4.74 Å². The van der Waals surface area contributed by atoms with Gasteiger partial charge in [0, 0.05) is 18.9 Å². The van der Waals surface area contributed by atoms with Crippen LogP contribution in [0.5, 0.6) is 0 Å². The van der Waals surface area contributed by atoms with Crippen LogP contribution in [0.4, 0.5) is 8.78 Å². The van der Waals surface area contributed by atoms with Crippen molar-refractivity contribution < 1.29 is 18.6 Å². The summed E-state index contributed by atoms with van der Waals surface area (Å²) in [5.41, 5.74) is -0.496. The van der Waals surface area contributed by atoms with Gasteiger partial charge in [0.25, 0.3) is 0 Å². The van der Waals surface area contributed by atoms with Crippen molar-refractivity contribution in [2.24, 2.45) is 0 Å². The van der Waals surface area contributed by atoms with Gasteiger partial charge in [-0.2, -0.15) is 0 Å². The van der Waals surface area contributed by atoms with E-state index in [1.54, 1.807) is 20.8 Å². The molecule has 0 heterocycles. The summed E-state index contributed by atoms with van der Waals surface area (Å²) in [4.78, 5) is 0. The third kappa shape index (κ3) is 5.18.